The van der Waals surface area contributed by atoms with Gasteiger partial charge < -0.3 is 15.7 Å². The SMILES string of the molecule is O=C(NCc1ccsc1)NC1C2CCC(C2)C1CO. The molecule has 1 aromatic heterocycles. The number of aliphatic hydroxyl groups is 1. The Balaban J connectivity index is 1.51. The van der Waals surface area contributed by atoms with Gasteiger partial charge in [0.15, 0.2) is 0 Å². The number of urea groups is 1. The van der Waals surface area contributed by atoms with Gasteiger partial charge in [-0.25, -0.2) is 4.79 Å². The maximum Gasteiger partial charge on any atom is 0.315 e. The molecule has 2 fully saturated rings. The number of hydrogen-bond donors (Lipinski definition) is 3. The van der Waals surface area contributed by atoms with Crippen molar-refractivity contribution in [3.8, 4) is 0 Å². The van der Waals surface area contributed by atoms with E-state index in [-0.39, 0.29) is 24.6 Å². The molecule has 2 aliphatic carbocycles. The van der Waals surface area contributed by atoms with Crippen LogP contribution in [0.25, 0.3) is 0 Å². The van der Waals surface area contributed by atoms with Crippen molar-refractivity contribution >= 4 is 17.4 Å². The summed E-state index contributed by atoms with van der Waals surface area (Å²) in [6, 6.07) is 2.06. The van der Waals surface area contributed by atoms with E-state index in [1.54, 1.807) is 11.3 Å². The number of amides is 2. The minimum atomic E-state index is -0.109. The molecule has 0 radical (unpaired) electrons. The van der Waals surface area contributed by atoms with E-state index < -0.39 is 0 Å². The molecule has 2 saturated carbocycles. The fourth-order valence-electron chi connectivity index (χ4n) is 3.68. The van der Waals surface area contributed by atoms with E-state index in [0.717, 1.165) is 5.56 Å². The first-order valence-electron chi connectivity index (χ1n) is 6.94. The fraction of sp³-hybridized carbons (Fsp3) is 0.643. The Bertz CT molecular complexity index is 435. The molecule has 2 bridgehead atoms. The van der Waals surface area contributed by atoms with Crippen molar-refractivity contribution < 1.29 is 9.90 Å². The van der Waals surface area contributed by atoms with Crippen molar-refractivity contribution in [3.05, 3.63) is 22.4 Å². The van der Waals surface area contributed by atoms with Crippen LogP contribution >= 0.6 is 11.3 Å². The summed E-state index contributed by atoms with van der Waals surface area (Å²) in [6.45, 7) is 0.761. The summed E-state index contributed by atoms with van der Waals surface area (Å²) in [5.41, 5.74) is 1.13. The number of thiophene rings is 1. The molecule has 4 atom stereocenters. The number of hydrogen-bond acceptors (Lipinski definition) is 3. The zero-order valence-electron chi connectivity index (χ0n) is 10.8. The second kappa shape index (κ2) is 5.51. The monoisotopic (exact) mass is 280 g/mol. The van der Waals surface area contributed by atoms with Crippen LogP contribution < -0.4 is 10.6 Å². The van der Waals surface area contributed by atoms with Gasteiger partial charge in [0.2, 0.25) is 0 Å². The van der Waals surface area contributed by atoms with Crippen LogP contribution in [0.3, 0.4) is 0 Å². The quantitative estimate of drug-likeness (QED) is 0.789. The van der Waals surface area contributed by atoms with Crippen LogP contribution in [-0.4, -0.2) is 23.8 Å². The molecule has 0 saturated heterocycles. The van der Waals surface area contributed by atoms with Crippen LogP contribution in [0.15, 0.2) is 16.8 Å². The van der Waals surface area contributed by atoms with E-state index in [1.165, 1.54) is 19.3 Å². The zero-order chi connectivity index (χ0) is 13.2. The van der Waals surface area contributed by atoms with Gasteiger partial charge in [-0.05, 0) is 53.5 Å². The number of aliphatic hydroxyl groups excluding tert-OH is 1. The van der Waals surface area contributed by atoms with Gasteiger partial charge >= 0.3 is 6.03 Å². The first-order chi connectivity index (χ1) is 9.28. The number of fused-ring (bicyclic) bond motifs is 2. The Hall–Kier alpha value is -1.07. The van der Waals surface area contributed by atoms with E-state index >= 15 is 0 Å². The highest BCUT2D eigenvalue weighted by Crippen LogP contribution is 2.48. The molecule has 19 heavy (non-hydrogen) atoms. The molecular formula is C14H20N2O2S. The lowest BCUT2D eigenvalue weighted by atomic mass is 9.85. The third-order valence-electron chi connectivity index (χ3n) is 4.63. The van der Waals surface area contributed by atoms with Crippen molar-refractivity contribution in [1.82, 2.24) is 10.6 Å². The second-order valence-corrected chi connectivity index (χ2v) is 6.44. The van der Waals surface area contributed by atoms with Gasteiger partial charge in [0.05, 0.1) is 0 Å². The van der Waals surface area contributed by atoms with E-state index in [9.17, 15) is 9.90 Å². The highest BCUT2D eigenvalue weighted by atomic mass is 32.1. The molecule has 1 aromatic rings. The molecular weight excluding hydrogens is 260 g/mol. The molecule has 5 heteroatoms. The van der Waals surface area contributed by atoms with Crippen LogP contribution in [0, 0.1) is 17.8 Å². The summed E-state index contributed by atoms with van der Waals surface area (Å²) in [5, 5.41) is 19.5. The molecule has 3 N–H and O–H groups in total. The van der Waals surface area contributed by atoms with E-state index in [4.69, 9.17) is 0 Å². The Morgan fingerprint density at radius 3 is 3.00 bits per heavy atom. The van der Waals surface area contributed by atoms with Gasteiger partial charge in [-0.15, -0.1) is 0 Å². The lowest BCUT2D eigenvalue weighted by molar-refractivity contribution is 0.144. The van der Waals surface area contributed by atoms with Gasteiger partial charge in [0.1, 0.15) is 0 Å². The minimum absolute atomic E-state index is 0.109. The summed E-state index contributed by atoms with van der Waals surface area (Å²) < 4.78 is 0. The molecule has 2 aliphatic rings. The van der Waals surface area contributed by atoms with Gasteiger partial charge in [-0.3, -0.25) is 0 Å². The Morgan fingerprint density at radius 1 is 1.42 bits per heavy atom. The minimum Gasteiger partial charge on any atom is -0.396 e. The Kier molecular flexibility index (Phi) is 3.75. The number of nitrogens with one attached hydrogen (secondary N) is 2. The largest absolute Gasteiger partial charge is 0.396 e. The lowest BCUT2D eigenvalue weighted by Crippen LogP contribution is -2.48. The smallest absolute Gasteiger partial charge is 0.315 e. The Labute approximate surface area is 117 Å². The highest BCUT2D eigenvalue weighted by Gasteiger charge is 2.47. The normalized spacial score (nSPS) is 32.5. The standard InChI is InChI=1S/C14H20N2O2S/c17-7-12-10-1-2-11(5-10)13(12)16-14(18)15-6-9-3-4-19-8-9/h3-4,8,10-13,17H,1-2,5-7H2,(H2,15,16,18). The molecule has 1 heterocycles. The average Bonchev–Trinajstić information content (AvgIpc) is 3.13. The van der Waals surface area contributed by atoms with E-state index in [0.29, 0.717) is 18.4 Å². The first kappa shape index (κ1) is 12.9. The van der Waals surface area contributed by atoms with Crippen molar-refractivity contribution in [2.75, 3.05) is 6.61 Å². The lowest BCUT2D eigenvalue weighted by Gasteiger charge is -2.30. The molecule has 0 aliphatic heterocycles. The third-order valence-corrected chi connectivity index (χ3v) is 5.36. The topological polar surface area (TPSA) is 61.4 Å². The predicted octanol–water partition coefficient (Wildman–Crippen LogP) is 1.95. The predicted molar refractivity (Wildman–Crippen MR) is 74.9 cm³/mol. The number of carbonyl (C=O) groups is 1. The summed E-state index contributed by atoms with van der Waals surface area (Å²) >= 11 is 1.63. The van der Waals surface area contributed by atoms with Gasteiger partial charge in [0.25, 0.3) is 0 Å². The summed E-state index contributed by atoms with van der Waals surface area (Å²) in [6.07, 6.45) is 3.57. The van der Waals surface area contributed by atoms with Crippen molar-refractivity contribution in [3.63, 3.8) is 0 Å². The van der Waals surface area contributed by atoms with Crippen molar-refractivity contribution in [2.45, 2.75) is 31.8 Å². The van der Waals surface area contributed by atoms with Crippen LogP contribution in [0.1, 0.15) is 24.8 Å². The van der Waals surface area contributed by atoms with Crippen LogP contribution in [0.4, 0.5) is 4.79 Å². The maximum absolute atomic E-state index is 11.9. The summed E-state index contributed by atoms with van der Waals surface area (Å²) in [5.74, 6) is 1.43. The average molecular weight is 280 g/mol. The Morgan fingerprint density at radius 2 is 2.26 bits per heavy atom. The van der Waals surface area contributed by atoms with E-state index in [2.05, 4.69) is 10.6 Å². The number of rotatable bonds is 4. The number of carbonyl (C=O) groups excluding carboxylic acids is 1. The summed E-state index contributed by atoms with van der Waals surface area (Å²) in [7, 11) is 0. The molecule has 4 nitrogen and oxygen atoms in total. The first-order valence-corrected chi connectivity index (χ1v) is 7.88. The van der Waals surface area contributed by atoms with Crippen LogP contribution in [0.2, 0.25) is 0 Å². The van der Waals surface area contributed by atoms with Crippen molar-refractivity contribution in [1.29, 1.82) is 0 Å². The summed E-state index contributed by atoms with van der Waals surface area (Å²) in [4.78, 5) is 11.9. The molecule has 0 aromatic carbocycles. The molecule has 4 unspecified atom stereocenters. The van der Waals surface area contributed by atoms with Gasteiger partial charge in [0, 0.05) is 25.1 Å². The third kappa shape index (κ3) is 2.62. The van der Waals surface area contributed by atoms with Crippen LogP contribution in [-0.2, 0) is 6.54 Å². The second-order valence-electron chi connectivity index (χ2n) is 5.66. The van der Waals surface area contributed by atoms with Gasteiger partial charge in [-0.2, -0.15) is 11.3 Å². The highest BCUT2D eigenvalue weighted by molar-refractivity contribution is 7.07. The fourth-order valence-corrected chi connectivity index (χ4v) is 4.34. The van der Waals surface area contributed by atoms with Gasteiger partial charge in [-0.1, -0.05) is 0 Å². The molecule has 0 spiro atoms. The van der Waals surface area contributed by atoms with Crippen LogP contribution in [0.5, 0.6) is 0 Å². The maximum atomic E-state index is 11.9. The van der Waals surface area contributed by atoms with E-state index in [1.807, 2.05) is 16.8 Å². The molecule has 2 amide bonds. The molecule has 104 valence electrons. The molecule has 3 rings (SSSR count). The zero-order valence-corrected chi connectivity index (χ0v) is 11.7. The van der Waals surface area contributed by atoms with Crippen molar-refractivity contribution in [2.24, 2.45) is 17.8 Å².